The molecule has 1 aliphatic heterocycles. The molecular weight excluding hydrogens is 568 g/mol. The van der Waals surface area contributed by atoms with Gasteiger partial charge < -0.3 is 9.47 Å². The van der Waals surface area contributed by atoms with E-state index in [9.17, 15) is 14.4 Å². The van der Waals surface area contributed by atoms with E-state index in [1.807, 2.05) is 31.2 Å². The molecule has 0 unspecified atom stereocenters. The fraction of sp³-hybridized carbons (Fsp3) is 0.320. The van der Waals surface area contributed by atoms with Gasteiger partial charge in [-0.1, -0.05) is 40.9 Å². The van der Waals surface area contributed by atoms with Crippen LogP contribution in [0.5, 0.6) is 11.5 Å². The number of carbonyl (C=O) groups is 3. The first kappa shape index (κ1) is 24.5. The number of barbiturate groups is 1. The minimum Gasteiger partial charge on any atom is -0.490 e. The van der Waals surface area contributed by atoms with Gasteiger partial charge in [0.25, 0.3) is 11.8 Å². The van der Waals surface area contributed by atoms with Gasteiger partial charge in [-0.3, -0.25) is 19.8 Å². The first-order chi connectivity index (χ1) is 16.4. The van der Waals surface area contributed by atoms with Crippen molar-refractivity contribution in [2.24, 2.45) is 0 Å². The lowest BCUT2D eigenvalue weighted by molar-refractivity contribution is -0.131. The van der Waals surface area contributed by atoms with E-state index >= 15 is 0 Å². The highest BCUT2D eigenvalue weighted by Crippen LogP contribution is 2.38. The summed E-state index contributed by atoms with van der Waals surface area (Å²) in [5, 5.41) is 2.30. The van der Waals surface area contributed by atoms with Crippen LogP contribution in [-0.4, -0.2) is 35.4 Å². The minimum atomic E-state index is -0.700. The van der Waals surface area contributed by atoms with Crippen molar-refractivity contribution in [2.45, 2.75) is 45.3 Å². The van der Waals surface area contributed by atoms with E-state index in [-0.39, 0.29) is 11.6 Å². The van der Waals surface area contributed by atoms with Crippen LogP contribution in [0.15, 0.2) is 50.9 Å². The monoisotopic (exact) mass is 590 g/mol. The van der Waals surface area contributed by atoms with Crippen LogP contribution in [0.3, 0.4) is 0 Å². The van der Waals surface area contributed by atoms with Crippen LogP contribution in [-0.2, 0) is 16.2 Å². The summed E-state index contributed by atoms with van der Waals surface area (Å²) in [6, 6.07) is 10.5. The molecule has 2 aliphatic rings. The maximum atomic E-state index is 13.1. The smallest absolute Gasteiger partial charge is 0.331 e. The topological polar surface area (TPSA) is 84.9 Å². The van der Waals surface area contributed by atoms with Crippen molar-refractivity contribution in [3.8, 4) is 11.5 Å². The summed E-state index contributed by atoms with van der Waals surface area (Å²) < 4.78 is 13.4. The van der Waals surface area contributed by atoms with Crippen molar-refractivity contribution in [3.05, 3.63) is 62.0 Å². The molecule has 2 aromatic rings. The van der Waals surface area contributed by atoms with E-state index in [0.717, 1.165) is 35.7 Å². The molecule has 1 saturated carbocycles. The summed E-state index contributed by atoms with van der Waals surface area (Å²) in [6.07, 6.45) is 4.91. The number of urea groups is 1. The largest absolute Gasteiger partial charge is 0.490 e. The second-order valence-corrected chi connectivity index (χ2v) is 9.88. The Kier molecular flexibility index (Phi) is 7.73. The molecule has 1 N–H and O–H groups in total. The predicted molar refractivity (Wildman–Crippen MR) is 134 cm³/mol. The van der Waals surface area contributed by atoms with Crippen LogP contribution < -0.4 is 14.8 Å². The first-order valence-electron chi connectivity index (χ1n) is 11.1. The number of halogens is 2. The first-order valence-corrected chi connectivity index (χ1v) is 12.7. The molecule has 0 aromatic heterocycles. The molecule has 178 valence electrons. The lowest BCUT2D eigenvalue weighted by Crippen LogP contribution is -2.57. The van der Waals surface area contributed by atoms with Crippen molar-refractivity contribution in [1.82, 2.24) is 10.2 Å². The molecule has 1 heterocycles. The molecule has 0 bridgehead atoms. The Hall–Kier alpha value is -2.65. The maximum Gasteiger partial charge on any atom is 0.331 e. The molecule has 0 atom stereocenters. The fourth-order valence-corrected chi connectivity index (χ4v) is 4.98. The van der Waals surface area contributed by atoms with Crippen molar-refractivity contribution in [2.75, 3.05) is 6.61 Å². The highest BCUT2D eigenvalue weighted by molar-refractivity contribution is 9.10. The van der Waals surface area contributed by atoms with E-state index in [1.165, 1.54) is 11.0 Å². The predicted octanol–water partition coefficient (Wildman–Crippen LogP) is 5.59. The van der Waals surface area contributed by atoms with Crippen LogP contribution in [0.1, 0.15) is 43.7 Å². The number of imide groups is 2. The zero-order chi connectivity index (χ0) is 24.2. The van der Waals surface area contributed by atoms with Crippen LogP contribution in [0.25, 0.3) is 6.08 Å². The van der Waals surface area contributed by atoms with Gasteiger partial charge in [-0.05, 0) is 77.2 Å². The van der Waals surface area contributed by atoms with E-state index in [2.05, 4.69) is 37.2 Å². The number of ether oxygens (including phenoxy) is 2. The summed E-state index contributed by atoms with van der Waals surface area (Å²) in [6.45, 7) is 2.61. The molecule has 0 radical (unpaired) electrons. The van der Waals surface area contributed by atoms with Gasteiger partial charge in [0.2, 0.25) is 0 Å². The zero-order valence-electron chi connectivity index (χ0n) is 18.6. The lowest BCUT2D eigenvalue weighted by Gasteiger charge is -2.31. The van der Waals surface area contributed by atoms with E-state index in [0.29, 0.717) is 34.7 Å². The SMILES string of the molecule is CCOc1cc(/C=C2\C(=O)NC(=O)N(C3CCCC3)C2=O)cc(Br)c1OCc1ccc(Br)cc1. The molecule has 4 amide bonds. The number of carbonyl (C=O) groups excluding carboxylic acids is 3. The fourth-order valence-electron chi connectivity index (χ4n) is 4.14. The maximum absolute atomic E-state index is 13.1. The summed E-state index contributed by atoms with van der Waals surface area (Å²) in [4.78, 5) is 39.1. The summed E-state index contributed by atoms with van der Waals surface area (Å²) in [5.74, 6) is -0.262. The number of rotatable bonds is 7. The van der Waals surface area contributed by atoms with Gasteiger partial charge in [-0.15, -0.1) is 0 Å². The summed E-state index contributed by atoms with van der Waals surface area (Å²) in [5.41, 5.74) is 1.49. The minimum absolute atomic E-state index is 0.0793. The van der Waals surface area contributed by atoms with Crippen molar-refractivity contribution in [3.63, 3.8) is 0 Å². The van der Waals surface area contributed by atoms with Crippen molar-refractivity contribution in [1.29, 1.82) is 0 Å². The average molecular weight is 592 g/mol. The molecule has 1 aliphatic carbocycles. The number of hydrogen-bond donors (Lipinski definition) is 1. The van der Waals surface area contributed by atoms with Gasteiger partial charge in [0.15, 0.2) is 11.5 Å². The van der Waals surface area contributed by atoms with Crippen LogP contribution in [0.4, 0.5) is 4.79 Å². The Morgan fingerprint density at radius 1 is 1.06 bits per heavy atom. The van der Waals surface area contributed by atoms with Crippen LogP contribution >= 0.6 is 31.9 Å². The third kappa shape index (κ3) is 5.36. The Morgan fingerprint density at radius 3 is 2.44 bits per heavy atom. The van der Waals surface area contributed by atoms with Crippen molar-refractivity contribution < 1.29 is 23.9 Å². The Morgan fingerprint density at radius 2 is 1.76 bits per heavy atom. The van der Waals surface area contributed by atoms with Gasteiger partial charge in [0.1, 0.15) is 12.2 Å². The molecule has 1 saturated heterocycles. The quantitative estimate of drug-likeness (QED) is 0.335. The van der Waals surface area contributed by atoms with Crippen LogP contribution in [0.2, 0.25) is 0 Å². The number of benzene rings is 2. The normalized spacial score (nSPS) is 17.9. The van der Waals surface area contributed by atoms with Crippen LogP contribution in [0, 0.1) is 0 Å². The molecule has 0 spiro atoms. The lowest BCUT2D eigenvalue weighted by atomic mass is 10.0. The average Bonchev–Trinajstić information content (AvgIpc) is 3.32. The highest BCUT2D eigenvalue weighted by Gasteiger charge is 2.40. The zero-order valence-corrected chi connectivity index (χ0v) is 21.8. The summed E-state index contributed by atoms with van der Waals surface area (Å²) in [7, 11) is 0. The van der Waals surface area contributed by atoms with E-state index in [1.54, 1.807) is 12.1 Å². The Labute approximate surface area is 214 Å². The van der Waals surface area contributed by atoms with Gasteiger partial charge >= 0.3 is 6.03 Å². The molecule has 4 rings (SSSR count). The molecule has 2 aromatic carbocycles. The molecular formula is C25H24Br2N2O5. The van der Waals surface area contributed by atoms with Gasteiger partial charge in [-0.25, -0.2) is 4.79 Å². The van der Waals surface area contributed by atoms with Crippen molar-refractivity contribution >= 4 is 55.8 Å². The Balaban J connectivity index is 1.61. The van der Waals surface area contributed by atoms with Gasteiger partial charge in [-0.2, -0.15) is 0 Å². The van der Waals surface area contributed by atoms with E-state index < -0.39 is 17.8 Å². The van der Waals surface area contributed by atoms with Gasteiger partial charge in [0.05, 0.1) is 11.1 Å². The standard InChI is InChI=1S/C25H24Br2N2O5/c1-2-33-21-13-16(12-20(27)22(21)34-14-15-7-9-17(26)10-8-15)11-19-23(30)28-25(32)29(24(19)31)18-5-3-4-6-18/h7-13,18H,2-6,14H2,1H3,(H,28,30,32)/b19-11+. The number of nitrogens with zero attached hydrogens (tertiary/aromatic N) is 1. The second-order valence-electron chi connectivity index (χ2n) is 8.11. The third-order valence-corrected chi connectivity index (χ3v) is 6.88. The molecule has 7 nitrogen and oxygen atoms in total. The number of amides is 4. The molecule has 9 heteroatoms. The highest BCUT2D eigenvalue weighted by atomic mass is 79.9. The third-order valence-electron chi connectivity index (χ3n) is 5.76. The number of nitrogens with one attached hydrogen (secondary N) is 1. The molecule has 2 fully saturated rings. The van der Waals surface area contributed by atoms with Gasteiger partial charge in [0, 0.05) is 10.5 Å². The summed E-state index contributed by atoms with van der Waals surface area (Å²) >= 11 is 6.95. The number of hydrogen-bond acceptors (Lipinski definition) is 5. The van der Waals surface area contributed by atoms with E-state index in [4.69, 9.17) is 9.47 Å². The Bertz CT molecular complexity index is 1140. The molecule has 34 heavy (non-hydrogen) atoms. The second kappa shape index (κ2) is 10.7.